The molecule has 0 heterocycles. The van der Waals surface area contributed by atoms with Crippen LogP contribution in [0.4, 0.5) is 0 Å². The third kappa shape index (κ3) is 9.56. The van der Waals surface area contributed by atoms with Crippen LogP contribution in [0.2, 0.25) is 0 Å². The number of hydrogen-bond donors (Lipinski definition) is 9. The van der Waals surface area contributed by atoms with E-state index in [0.717, 1.165) is 6.92 Å². The van der Waals surface area contributed by atoms with E-state index >= 15 is 0 Å². The average molecular weight is 498 g/mol. The van der Waals surface area contributed by atoms with Gasteiger partial charge in [-0.05, 0) is 31.5 Å². The van der Waals surface area contributed by atoms with E-state index in [4.69, 9.17) is 16.6 Å². The zero-order chi connectivity index (χ0) is 26.9. The number of benzene rings is 1. The number of rotatable bonds is 13. The van der Waals surface area contributed by atoms with Gasteiger partial charge in [-0.3, -0.25) is 19.2 Å². The van der Waals surface area contributed by atoms with Crippen molar-refractivity contribution in [2.45, 2.75) is 63.1 Å². The predicted molar refractivity (Wildman–Crippen MR) is 120 cm³/mol. The molecule has 6 atom stereocenters. The molecule has 0 aliphatic heterocycles. The second kappa shape index (κ2) is 13.2. The number of carbonyl (C=O) groups excluding carboxylic acids is 4. The number of phenolic OH excluding ortho intramolecular Hbond substituents is 1. The Morgan fingerprint density at radius 2 is 1.37 bits per heavy atom. The molecule has 14 heteroatoms. The minimum absolute atomic E-state index is 0.0424. The van der Waals surface area contributed by atoms with Gasteiger partial charge in [-0.1, -0.05) is 12.1 Å². The van der Waals surface area contributed by atoms with E-state index in [1.165, 1.54) is 31.2 Å². The maximum Gasteiger partial charge on any atom is 0.328 e. The lowest BCUT2D eigenvalue weighted by Gasteiger charge is -2.27. The Morgan fingerprint density at radius 3 is 1.83 bits per heavy atom. The number of aromatic hydroxyl groups is 1. The number of aliphatic hydroxyl groups is 2. The third-order valence-corrected chi connectivity index (χ3v) is 4.88. The topological polar surface area (TPSA) is 254 Å². The van der Waals surface area contributed by atoms with Gasteiger partial charge in [0.1, 0.15) is 17.8 Å². The molecule has 1 rings (SSSR count). The van der Waals surface area contributed by atoms with Crippen molar-refractivity contribution < 1.29 is 44.4 Å². The summed E-state index contributed by atoms with van der Waals surface area (Å²) in [7, 11) is 0. The number of nitrogens with two attached hydrogens (primary N) is 2. The van der Waals surface area contributed by atoms with Gasteiger partial charge in [0, 0.05) is 6.42 Å². The van der Waals surface area contributed by atoms with Crippen LogP contribution in [0.25, 0.3) is 0 Å². The number of nitrogens with one attached hydrogen (secondary N) is 3. The van der Waals surface area contributed by atoms with Crippen molar-refractivity contribution in [2.24, 2.45) is 11.5 Å². The highest BCUT2D eigenvalue weighted by atomic mass is 16.4. The zero-order valence-electron chi connectivity index (χ0n) is 19.2. The van der Waals surface area contributed by atoms with E-state index in [9.17, 15) is 39.3 Å². The minimum Gasteiger partial charge on any atom is -0.508 e. The van der Waals surface area contributed by atoms with Crippen molar-refractivity contribution in [3.05, 3.63) is 29.8 Å². The number of amides is 4. The summed E-state index contributed by atoms with van der Waals surface area (Å²) >= 11 is 0. The Labute approximate surface area is 200 Å². The summed E-state index contributed by atoms with van der Waals surface area (Å²) in [4.78, 5) is 60.3. The molecule has 0 spiro atoms. The molecule has 1 aromatic carbocycles. The minimum atomic E-state index is -1.71. The van der Waals surface area contributed by atoms with Gasteiger partial charge in [0.05, 0.1) is 24.7 Å². The molecule has 194 valence electrons. The largest absolute Gasteiger partial charge is 0.508 e. The summed E-state index contributed by atoms with van der Waals surface area (Å²) in [6.07, 6.45) is -3.60. The van der Waals surface area contributed by atoms with E-state index in [-0.39, 0.29) is 12.2 Å². The normalized spacial score (nSPS) is 16.0. The van der Waals surface area contributed by atoms with E-state index in [1.54, 1.807) is 0 Å². The summed E-state index contributed by atoms with van der Waals surface area (Å²) in [5, 5.41) is 44.8. The molecule has 11 N–H and O–H groups in total. The summed E-state index contributed by atoms with van der Waals surface area (Å²) in [5.41, 5.74) is 11.2. The molecule has 0 aliphatic rings. The molecule has 1 aromatic rings. The monoisotopic (exact) mass is 497 g/mol. The maximum atomic E-state index is 13.0. The van der Waals surface area contributed by atoms with Gasteiger partial charge in [-0.25, -0.2) is 4.79 Å². The van der Waals surface area contributed by atoms with Crippen LogP contribution in [-0.2, 0) is 30.4 Å². The number of carboxylic acid groups (broad SMARTS) is 1. The quantitative estimate of drug-likeness (QED) is 0.130. The first-order chi connectivity index (χ1) is 16.2. The smallest absolute Gasteiger partial charge is 0.328 e. The van der Waals surface area contributed by atoms with Crippen molar-refractivity contribution in [3.8, 4) is 5.75 Å². The van der Waals surface area contributed by atoms with Crippen LogP contribution in [0, 0.1) is 0 Å². The van der Waals surface area contributed by atoms with Crippen LogP contribution in [-0.4, -0.2) is 86.4 Å². The molecule has 0 aliphatic carbocycles. The number of hydrogen-bond acceptors (Lipinski definition) is 9. The first-order valence-electron chi connectivity index (χ1n) is 10.5. The summed E-state index contributed by atoms with van der Waals surface area (Å²) in [6.45, 7) is 2.30. The SMILES string of the molecule is CC(O)C(NC(=O)C(NC(=O)C(Cc1ccc(O)cc1)NC(=O)C(N)CC(N)=O)C(C)O)C(=O)O. The summed E-state index contributed by atoms with van der Waals surface area (Å²) in [5.74, 6) is -5.35. The van der Waals surface area contributed by atoms with Gasteiger partial charge in [0.15, 0.2) is 6.04 Å². The lowest BCUT2D eigenvalue weighted by atomic mass is 10.0. The number of primary amides is 1. The summed E-state index contributed by atoms with van der Waals surface area (Å²) in [6, 6.07) is -0.429. The fourth-order valence-electron chi connectivity index (χ4n) is 2.96. The van der Waals surface area contributed by atoms with Crippen molar-refractivity contribution in [1.29, 1.82) is 0 Å². The molecule has 35 heavy (non-hydrogen) atoms. The zero-order valence-corrected chi connectivity index (χ0v) is 19.2. The Morgan fingerprint density at radius 1 is 0.857 bits per heavy atom. The number of aliphatic hydroxyl groups excluding tert-OH is 2. The first kappa shape index (κ1) is 29.3. The molecule has 0 saturated heterocycles. The van der Waals surface area contributed by atoms with Crippen molar-refractivity contribution in [2.75, 3.05) is 0 Å². The highest BCUT2D eigenvalue weighted by Crippen LogP contribution is 2.12. The second-order valence-electron chi connectivity index (χ2n) is 8.00. The fourth-order valence-corrected chi connectivity index (χ4v) is 2.96. The summed E-state index contributed by atoms with van der Waals surface area (Å²) < 4.78 is 0. The molecule has 0 radical (unpaired) electrons. The highest BCUT2D eigenvalue weighted by Gasteiger charge is 2.34. The number of carbonyl (C=O) groups is 5. The molecule has 0 fully saturated rings. The second-order valence-corrected chi connectivity index (χ2v) is 8.00. The molecule has 0 aromatic heterocycles. The first-order valence-corrected chi connectivity index (χ1v) is 10.5. The molecular formula is C21H31N5O9. The van der Waals surface area contributed by atoms with Crippen LogP contribution < -0.4 is 27.4 Å². The molecule has 4 amide bonds. The fraction of sp³-hybridized carbons (Fsp3) is 0.476. The van der Waals surface area contributed by atoms with E-state index in [1.807, 2.05) is 5.32 Å². The molecule has 0 bridgehead atoms. The predicted octanol–water partition coefficient (Wildman–Crippen LogP) is -3.56. The van der Waals surface area contributed by atoms with E-state index in [0.29, 0.717) is 5.56 Å². The van der Waals surface area contributed by atoms with Crippen LogP contribution >= 0.6 is 0 Å². The standard InChI is InChI=1S/C21H31N5O9/c1-9(27)16(20(33)26-17(10(2)28)21(34)35)25-19(32)14(7-11-3-5-12(29)6-4-11)24-18(31)13(22)8-15(23)30/h3-6,9-10,13-14,16-17,27-29H,7-8,22H2,1-2H3,(H2,23,30)(H,24,31)(H,25,32)(H,26,33)(H,34,35). The van der Waals surface area contributed by atoms with E-state index in [2.05, 4.69) is 10.6 Å². The van der Waals surface area contributed by atoms with Crippen molar-refractivity contribution in [3.63, 3.8) is 0 Å². The maximum absolute atomic E-state index is 13.0. The van der Waals surface area contributed by atoms with Gasteiger partial charge in [-0.2, -0.15) is 0 Å². The lowest BCUT2D eigenvalue weighted by molar-refractivity contribution is -0.146. The highest BCUT2D eigenvalue weighted by molar-refractivity contribution is 5.95. The van der Waals surface area contributed by atoms with Gasteiger partial charge >= 0.3 is 5.97 Å². The molecular weight excluding hydrogens is 466 g/mol. The van der Waals surface area contributed by atoms with Gasteiger partial charge < -0.3 is 47.8 Å². The number of carboxylic acids is 1. The van der Waals surface area contributed by atoms with Gasteiger partial charge in [0.25, 0.3) is 0 Å². The average Bonchev–Trinajstić information content (AvgIpc) is 2.75. The van der Waals surface area contributed by atoms with E-state index < -0.39 is 72.4 Å². The van der Waals surface area contributed by atoms with Gasteiger partial charge in [0.2, 0.25) is 23.6 Å². The Balaban J connectivity index is 3.12. The third-order valence-electron chi connectivity index (χ3n) is 4.88. The Kier molecular flexibility index (Phi) is 11.1. The van der Waals surface area contributed by atoms with Crippen molar-refractivity contribution >= 4 is 29.6 Å². The Hall–Kier alpha value is -3.75. The van der Waals surface area contributed by atoms with Gasteiger partial charge in [-0.15, -0.1) is 0 Å². The van der Waals surface area contributed by atoms with Crippen LogP contribution in [0.15, 0.2) is 24.3 Å². The number of aliphatic carboxylic acids is 1. The number of phenols is 1. The lowest BCUT2D eigenvalue weighted by Crippen LogP contribution is -2.61. The van der Waals surface area contributed by atoms with Crippen LogP contribution in [0.5, 0.6) is 5.75 Å². The Bertz CT molecular complexity index is 920. The molecule has 6 unspecified atom stereocenters. The molecule has 14 nitrogen and oxygen atoms in total. The van der Waals surface area contributed by atoms with Crippen molar-refractivity contribution in [1.82, 2.24) is 16.0 Å². The van der Waals surface area contributed by atoms with Crippen LogP contribution in [0.1, 0.15) is 25.8 Å². The molecule has 0 saturated carbocycles. The van der Waals surface area contributed by atoms with Crippen LogP contribution in [0.3, 0.4) is 0 Å².